The minimum atomic E-state index is -0.602. The van der Waals surface area contributed by atoms with Crippen molar-refractivity contribution >= 4 is 12.2 Å². The maximum absolute atomic E-state index is 13.6. The number of hydrogen-bond donors (Lipinski definition) is 1. The zero-order chi connectivity index (χ0) is 25.0. The van der Waals surface area contributed by atoms with Crippen molar-refractivity contribution in [2.75, 3.05) is 13.2 Å². The third kappa shape index (κ3) is 6.15. The molecule has 0 spiro atoms. The van der Waals surface area contributed by atoms with E-state index in [1.165, 1.54) is 0 Å². The normalized spacial score (nSPS) is 14.4. The molecule has 1 aliphatic heterocycles. The van der Waals surface area contributed by atoms with Gasteiger partial charge in [0.05, 0.1) is 18.3 Å². The van der Waals surface area contributed by atoms with Crippen LogP contribution < -0.4 is 10.9 Å². The van der Waals surface area contributed by atoms with Crippen molar-refractivity contribution in [1.29, 1.82) is 0 Å². The Labute approximate surface area is 200 Å². The third-order valence-corrected chi connectivity index (χ3v) is 5.37. The van der Waals surface area contributed by atoms with Crippen molar-refractivity contribution in [3.8, 4) is 0 Å². The average Bonchev–Trinajstić information content (AvgIpc) is 2.74. The highest BCUT2D eigenvalue weighted by atomic mass is 16.6. The molecule has 2 aromatic rings. The molecule has 0 saturated carbocycles. The van der Waals surface area contributed by atoms with E-state index in [0.29, 0.717) is 30.0 Å². The second-order valence-electron chi connectivity index (χ2n) is 9.74. The first kappa shape index (κ1) is 25.3. The molecule has 34 heavy (non-hydrogen) atoms. The molecule has 0 saturated heterocycles. The number of benzene rings is 1. The fourth-order valence-corrected chi connectivity index (χ4v) is 3.90. The zero-order valence-corrected chi connectivity index (χ0v) is 20.8. The van der Waals surface area contributed by atoms with Gasteiger partial charge in [-0.15, -0.1) is 0 Å². The van der Waals surface area contributed by atoms with E-state index in [-0.39, 0.29) is 24.8 Å². The van der Waals surface area contributed by atoms with Crippen LogP contribution in [0.4, 0.5) is 9.59 Å². The molecule has 184 valence electrons. The molecule has 0 fully saturated rings. The fraction of sp³-hybridized carbons (Fsp3) is 0.520. The van der Waals surface area contributed by atoms with Crippen molar-refractivity contribution < 1.29 is 19.1 Å². The number of aryl methyl sites for hydroxylation is 1. The Balaban J connectivity index is 1.92. The highest BCUT2D eigenvalue weighted by Crippen LogP contribution is 2.22. The smallest absolute Gasteiger partial charge is 0.410 e. The Kier molecular flexibility index (Phi) is 7.64. The number of nitrogens with zero attached hydrogens (tertiary/aromatic N) is 3. The Morgan fingerprint density at radius 2 is 1.85 bits per heavy atom. The summed E-state index contributed by atoms with van der Waals surface area (Å²) in [6.45, 7) is 11.4. The molecule has 1 aromatic heterocycles. The number of amides is 2. The van der Waals surface area contributed by atoms with Gasteiger partial charge in [-0.1, -0.05) is 30.3 Å². The van der Waals surface area contributed by atoms with Gasteiger partial charge in [0.1, 0.15) is 18.0 Å². The zero-order valence-electron chi connectivity index (χ0n) is 20.8. The summed E-state index contributed by atoms with van der Waals surface area (Å²) < 4.78 is 12.5. The summed E-state index contributed by atoms with van der Waals surface area (Å²) in [6.07, 6.45) is -0.592. The number of rotatable bonds is 5. The third-order valence-electron chi connectivity index (χ3n) is 5.37. The average molecular weight is 471 g/mol. The predicted molar refractivity (Wildman–Crippen MR) is 128 cm³/mol. The van der Waals surface area contributed by atoms with E-state index in [1.807, 2.05) is 65.0 Å². The van der Waals surface area contributed by atoms with Gasteiger partial charge in [-0.3, -0.25) is 9.36 Å². The van der Waals surface area contributed by atoms with Crippen molar-refractivity contribution in [3.05, 3.63) is 63.3 Å². The van der Waals surface area contributed by atoms with Crippen LogP contribution in [0.15, 0.2) is 35.1 Å². The van der Waals surface area contributed by atoms with Crippen LogP contribution in [0.5, 0.6) is 0 Å². The second-order valence-corrected chi connectivity index (χ2v) is 9.74. The van der Waals surface area contributed by atoms with E-state index >= 15 is 0 Å². The molecule has 2 heterocycles. The molecule has 0 aliphatic carbocycles. The van der Waals surface area contributed by atoms with Crippen LogP contribution in [-0.2, 0) is 22.4 Å². The number of nitrogens with one attached hydrogen (secondary N) is 1. The number of alkyl carbamates (subject to hydrolysis) is 1. The Bertz CT molecular complexity index is 1090. The largest absolute Gasteiger partial charge is 0.447 e. The molecule has 9 heteroatoms. The molecule has 9 nitrogen and oxygen atoms in total. The summed E-state index contributed by atoms with van der Waals surface area (Å²) in [5.74, 6) is 0.483. The minimum absolute atomic E-state index is 0.0200. The van der Waals surface area contributed by atoms with Gasteiger partial charge >= 0.3 is 12.2 Å². The first-order valence-corrected chi connectivity index (χ1v) is 11.5. The van der Waals surface area contributed by atoms with Crippen LogP contribution in [0.2, 0.25) is 0 Å². The number of hydrogen-bond acceptors (Lipinski definition) is 6. The molecule has 1 aliphatic rings. The number of carbonyl (C=O) groups is 2. The van der Waals surface area contributed by atoms with E-state index < -0.39 is 23.8 Å². The first-order valence-electron chi connectivity index (χ1n) is 11.5. The predicted octanol–water partition coefficient (Wildman–Crippen LogP) is 3.57. The lowest BCUT2D eigenvalue weighted by Gasteiger charge is -2.31. The molecule has 2 amide bonds. The van der Waals surface area contributed by atoms with Gasteiger partial charge < -0.3 is 19.7 Å². The molecule has 0 radical (unpaired) electrons. The summed E-state index contributed by atoms with van der Waals surface area (Å²) in [5.41, 5.74) is 1.18. The van der Waals surface area contributed by atoms with Crippen LogP contribution in [0.3, 0.4) is 0 Å². The highest BCUT2D eigenvalue weighted by Gasteiger charge is 2.30. The van der Waals surface area contributed by atoms with Gasteiger partial charge in [-0.05, 0) is 53.5 Å². The van der Waals surface area contributed by atoms with Gasteiger partial charge in [0, 0.05) is 18.2 Å². The Morgan fingerprint density at radius 1 is 1.18 bits per heavy atom. The minimum Gasteiger partial charge on any atom is -0.447 e. The van der Waals surface area contributed by atoms with E-state index in [9.17, 15) is 14.4 Å². The number of ether oxygens (including phenoxy) is 2. The maximum Gasteiger partial charge on any atom is 0.410 e. The second kappa shape index (κ2) is 10.3. The first-order chi connectivity index (χ1) is 16.0. The van der Waals surface area contributed by atoms with E-state index in [2.05, 4.69) is 10.3 Å². The van der Waals surface area contributed by atoms with Crippen molar-refractivity contribution in [3.63, 3.8) is 0 Å². The van der Waals surface area contributed by atoms with E-state index in [0.717, 1.165) is 5.56 Å². The fourth-order valence-electron chi connectivity index (χ4n) is 3.90. The van der Waals surface area contributed by atoms with Crippen molar-refractivity contribution in [1.82, 2.24) is 19.8 Å². The van der Waals surface area contributed by atoms with Gasteiger partial charge in [0.2, 0.25) is 0 Å². The molecule has 1 aromatic carbocycles. The van der Waals surface area contributed by atoms with Crippen molar-refractivity contribution in [2.45, 2.75) is 72.2 Å². The lowest BCUT2D eigenvalue weighted by Crippen LogP contribution is -2.44. The summed E-state index contributed by atoms with van der Waals surface area (Å²) in [6, 6.07) is 8.83. The summed E-state index contributed by atoms with van der Waals surface area (Å²) in [4.78, 5) is 44.5. The lowest BCUT2D eigenvalue weighted by molar-refractivity contribution is 0.0219. The molecule has 3 rings (SSSR count). The van der Waals surface area contributed by atoms with E-state index in [4.69, 9.17) is 9.47 Å². The van der Waals surface area contributed by atoms with Crippen LogP contribution in [0.1, 0.15) is 63.3 Å². The number of aromatic nitrogens is 2. The van der Waals surface area contributed by atoms with E-state index in [1.54, 1.807) is 16.4 Å². The van der Waals surface area contributed by atoms with Gasteiger partial charge in [0.25, 0.3) is 5.56 Å². The standard InChI is InChI=1S/C25H34N4O5/c1-16(2)26-23(31)33-15-21(18-10-8-7-9-11-18)29-17(3)27-20-14-28(13-12-19(20)22(29)30)24(32)34-25(4,5)6/h7-11,16,21H,12-15H2,1-6H3,(H,26,31). The summed E-state index contributed by atoms with van der Waals surface area (Å²) in [5, 5.41) is 2.70. The Morgan fingerprint density at radius 3 is 2.47 bits per heavy atom. The maximum atomic E-state index is 13.6. The van der Waals surface area contributed by atoms with Crippen LogP contribution in [0.25, 0.3) is 0 Å². The van der Waals surface area contributed by atoms with Crippen LogP contribution in [0, 0.1) is 6.92 Å². The number of fused-ring (bicyclic) bond motifs is 1. The molecular formula is C25H34N4O5. The topological polar surface area (TPSA) is 103 Å². The van der Waals surface area contributed by atoms with Gasteiger partial charge in [-0.25, -0.2) is 14.6 Å². The lowest BCUT2D eigenvalue weighted by atomic mass is 10.0. The monoisotopic (exact) mass is 470 g/mol. The molecule has 1 N–H and O–H groups in total. The van der Waals surface area contributed by atoms with Crippen LogP contribution >= 0.6 is 0 Å². The number of carbonyl (C=O) groups excluding carboxylic acids is 2. The SMILES string of the molecule is Cc1nc2c(c(=O)n1C(COC(=O)NC(C)C)c1ccccc1)CCN(C(=O)OC(C)(C)C)C2. The molecule has 1 atom stereocenters. The molecule has 0 bridgehead atoms. The summed E-state index contributed by atoms with van der Waals surface area (Å²) >= 11 is 0. The van der Waals surface area contributed by atoms with Gasteiger partial charge in [-0.2, -0.15) is 0 Å². The van der Waals surface area contributed by atoms with Gasteiger partial charge in [0.15, 0.2) is 0 Å². The highest BCUT2D eigenvalue weighted by molar-refractivity contribution is 5.68. The quantitative estimate of drug-likeness (QED) is 0.717. The molecule has 1 unspecified atom stereocenters. The molecular weight excluding hydrogens is 436 g/mol. The Hall–Kier alpha value is -3.36. The summed E-state index contributed by atoms with van der Waals surface area (Å²) in [7, 11) is 0. The van der Waals surface area contributed by atoms with Crippen molar-refractivity contribution in [2.24, 2.45) is 0 Å². The van der Waals surface area contributed by atoms with Crippen LogP contribution in [-0.4, -0.2) is 51.4 Å².